The van der Waals surface area contributed by atoms with Gasteiger partial charge in [-0.3, -0.25) is 0 Å². The molecule has 0 saturated heterocycles. The fourth-order valence-electron chi connectivity index (χ4n) is 0.313. The van der Waals surface area contributed by atoms with Gasteiger partial charge >= 0.3 is 0 Å². The molecule has 0 saturated carbocycles. The highest BCUT2D eigenvalue weighted by molar-refractivity contribution is 4.94. The molecule has 0 amide bonds. The number of ether oxygens (including phenoxy) is 1. The van der Waals surface area contributed by atoms with Crippen LogP contribution in [0.5, 0.6) is 0 Å². The minimum atomic E-state index is 0.443. The lowest BCUT2D eigenvalue weighted by Crippen LogP contribution is -1.92. The van der Waals surface area contributed by atoms with E-state index in [2.05, 4.69) is 11.8 Å². The van der Waals surface area contributed by atoms with Crippen molar-refractivity contribution in [1.82, 2.24) is 0 Å². The van der Waals surface area contributed by atoms with Gasteiger partial charge in [0.15, 0.2) is 0 Å². The van der Waals surface area contributed by atoms with Crippen molar-refractivity contribution in [3.05, 3.63) is 0 Å². The van der Waals surface area contributed by atoms with Crippen LogP contribution in [0.3, 0.4) is 0 Å². The molecule has 0 aliphatic carbocycles. The molecule has 0 radical (unpaired) electrons. The Hall–Kier alpha value is -0.990. The van der Waals surface area contributed by atoms with Crippen LogP contribution in [0.1, 0.15) is 13.3 Å². The van der Waals surface area contributed by atoms with Gasteiger partial charge in [0.1, 0.15) is 6.61 Å². The summed E-state index contributed by atoms with van der Waals surface area (Å²) in [7, 11) is 0. The van der Waals surface area contributed by atoms with Crippen molar-refractivity contribution >= 4 is 0 Å². The third kappa shape index (κ3) is 7.01. The first-order chi connectivity index (χ1) is 4.41. The van der Waals surface area contributed by atoms with E-state index < -0.39 is 0 Å². The zero-order valence-corrected chi connectivity index (χ0v) is 5.48. The van der Waals surface area contributed by atoms with Crippen molar-refractivity contribution < 1.29 is 4.74 Å². The molecule has 0 aromatic heterocycles. The van der Waals surface area contributed by atoms with Crippen molar-refractivity contribution in [1.29, 1.82) is 5.26 Å². The first-order valence-corrected chi connectivity index (χ1v) is 2.76. The molecular weight excluding hydrogens is 114 g/mol. The van der Waals surface area contributed by atoms with Crippen LogP contribution in [0.4, 0.5) is 0 Å². The quantitative estimate of drug-likeness (QED) is 0.413. The molecule has 9 heavy (non-hydrogen) atoms. The highest BCUT2D eigenvalue weighted by atomic mass is 16.5. The second-order valence-electron chi connectivity index (χ2n) is 1.39. The molecule has 0 aromatic rings. The largest absolute Gasteiger partial charge is 0.368 e. The summed E-state index contributed by atoms with van der Waals surface area (Å²) in [5, 5.41) is 8.06. The molecule has 2 nitrogen and oxygen atoms in total. The molecule has 0 heterocycles. The number of rotatable bonds is 3. The van der Waals surface area contributed by atoms with Crippen molar-refractivity contribution in [2.75, 3.05) is 13.2 Å². The van der Waals surface area contributed by atoms with Gasteiger partial charge in [0.2, 0.25) is 0 Å². The molecule has 48 valence electrons. The third-order valence-corrected chi connectivity index (χ3v) is 0.709. The second-order valence-corrected chi connectivity index (χ2v) is 1.39. The number of nitrogens with zero attached hydrogens (tertiary/aromatic N) is 1. The Kier molecular flexibility index (Phi) is 6.24. The van der Waals surface area contributed by atoms with Crippen molar-refractivity contribution in [3.63, 3.8) is 0 Å². The van der Waals surface area contributed by atoms with E-state index in [1.165, 1.54) is 0 Å². The van der Waals surface area contributed by atoms with Gasteiger partial charge in [0.05, 0.1) is 19.1 Å². The average molecular weight is 123 g/mol. The van der Waals surface area contributed by atoms with Crippen molar-refractivity contribution in [2.45, 2.75) is 13.3 Å². The van der Waals surface area contributed by atoms with Gasteiger partial charge < -0.3 is 4.74 Å². The number of hydrogen-bond donors (Lipinski definition) is 0. The Morgan fingerprint density at radius 2 is 2.33 bits per heavy atom. The minimum Gasteiger partial charge on any atom is -0.368 e. The minimum absolute atomic E-state index is 0.443. The van der Waals surface area contributed by atoms with E-state index in [1.807, 2.05) is 6.07 Å². The second kappa shape index (κ2) is 7.01. The molecule has 0 aromatic carbocycles. The Bertz CT molecular complexity index is 147. The summed E-state index contributed by atoms with van der Waals surface area (Å²) in [6.45, 7) is 2.69. The van der Waals surface area contributed by atoms with E-state index in [0.29, 0.717) is 19.6 Å². The first kappa shape index (κ1) is 8.01. The fraction of sp³-hybridized carbons (Fsp3) is 0.571. The van der Waals surface area contributed by atoms with Crippen LogP contribution in [0.25, 0.3) is 0 Å². The zero-order valence-electron chi connectivity index (χ0n) is 5.48. The van der Waals surface area contributed by atoms with Gasteiger partial charge in [0.25, 0.3) is 0 Å². The molecule has 0 rings (SSSR count). The molecule has 0 aliphatic rings. The topological polar surface area (TPSA) is 33.0 Å². The molecule has 0 fully saturated rings. The van der Waals surface area contributed by atoms with Gasteiger partial charge in [-0.2, -0.15) is 5.26 Å². The van der Waals surface area contributed by atoms with Gasteiger partial charge in [-0.1, -0.05) is 5.92 Å². The lowest BCUT2D eigenvalue weighted by Gasteiger charge is -1.90. The van der Waals surface area contributed by atoms with Crippen LogP contribution in [0.15, 0.2) is 0 Å². The number of hydrogen-bond acceptors (Lipinski definition) is 2. The third-order valence-electron chi connectivity index (χ3n) is 0.709. The molecule has 0 N–H and O–H groups in total. The van der Waals surface area contributed by atoms with Crippen LogP contribution in [0.2, 0.25) is 0 Å². The summed E-state index contributed by atoms with van der Waals surface area (Å²) < 4.78 is 4.92. The lowest BCUT2D eigenvalue weighted by molar-refractivity contribution is 0.173. The molecule has 0 spiro atoms. The number of nitriles is 1. The Morgan fingerprint density at radius 1 is 1.56 bits per heavy atom. The summed E-state index contributed by atoms with van der Waals surface area (Å²) in [5.74, 6) is 5.41. The molecule has 0 atom stereocenters. The van der Waals surface area contributed by atoms with Crippen LogP contribution in [-0.4, -0.2) is 13.2 Å². The predicted octanol–water partition coefficient (Wildman–Crippen LogP) is 0.940. The summed E-state index contributed by atoms with van der Waals surface area (Å²) in [5.41, 5.74) is 0. The maximum atomic E-state index is 8.06. The van der Waals surface area contributed by atoms with E-state index in [4.69, 9.17) is 10.00 Å². The predicted molar refractivity (Wildman–Crippen MR) is 34.5 cm³/mol. The standard InChI is InChI=1S/C7H9NO/c1-2-3-6-9-7-4-5-8/h4,6-7H2,1H3. The van der Waals surface area contributed by atoms with Crippen LogP contribution < -0.4 is 0 Å². The highest BCUT2D eigenvalue weighted by Gasteiger charge is 1.80. The maximum Gasteiger partial charge on any atom is 0.107 e. The van der Waals surface area contributed by atoms with E-state index >= 15 is 0 Å². The maximum absolute atomic E-state index is 8.06. The van der Waals surface area contributed by atoms with Crippen LogP contribution in [-0.2, 0) is 4.74 Å². The molecule has 0 unspecified atom stereocenters. The van der Waals surface area contributed by atoms with Gasteiger partial charge in [0, 0.05) is 0 Å². The Balaban J connectivity index is 2.91. The van der Waals surface area contributed by atoms with Gasteiger partial charge in [-0.05, 0) is 6.92 Å². The average Bonchev–Trinajstić information content (AvgIpc) is 1.89. The zero-order chi connectivity index (χ0) is 6.95. The molecule has 0 bridgehead atoms. The van der Waals surface area contributed by atoms with E-state index in [1.54, 1.807) is 6.92 Å². The van der Waals surface area contributed by atoms with E-state index in [0.717, 1.165) is 0 Å². The SMILES string of the molecule is CC#CCOCCC#N. The fourth-order valence-corrected chi connectivity index (χ4v) is 0.313. The highest BCUT2D eigenvalue weighted by Crippen LogP contribution is 1.77. The van der Waals surface area contributed by atoms with E-state index in [-0.39, 0.29) is 0 Å². The lowest BCUT2D eigenvalue weighted by atomic mass is 10.5. The molecule has 0 aliphatic heterocycles. The monoisotopic (exact) mass is 123 g/mol. The summed E-state index contributed by atoms with van der Waals surface area (Å²) in [4.78, 5) is 0. The molecular formula is C7H9NO. The van der Waals surface area contributed by atoms with Crippen LogP contribution in [0, 0.1) is 23.2 Å². The molecule has 2 heteroatoms. The smallest absolute Gasteiger partial charge is 0.107 e. The summed E-state index contributed by atoms with van der Waals surface area (Å²) in [6, 6.07) is 1.97. The Morgan fingerprint density at radius 3 is 2.89 bits per heavy atom. The van der Waals surface area contributed by atoms with Gasteiger partial charge in [-0.25, -0.2) is 0 Å². The van der Waals surface area contributed by atoms with Crippen LogP contribution >= 0.6 is 0 Å². The normalized spacial score (nSPS) is 7.11. The van der Waals surface area contributed by atoms with Crippen molar-refractivity contribution in [3.8, 4) is 17.9 Å². The summed E-state index contributed by atoms with van der Waals surface area (Å²) >= 11 is 0. The van der Waals surface area contributed by atoms with Gasteiger partial charge in [-0.15, -0.1) is 5.92 Å². The Labute approximate surface area is 55.4 Å². The summed E-state index contributed by atoms with van der Waals surface area (Å²) in [6.07, 6.45) is 0.450. The van der Waals surface area contributed by atoms with E-state index in [9.17, 15) is 0 Å². The first-order valence-electron chi connectivity index (χ1n) is 2.76. The van der Waals surface area contributed by atoms with Crippen molar-refractivity contribution in [2.24, 2.45) is 0 Å².